The van der Waals surface area contributed by atoms with Crippen LogP contribution in [0, 0.1) is 0 Å². The van der Waals surface area contributed by atoms with Crippen molar-refractivity contribution >= 4 is 28.1 Å². The van der Waals surface area contributed by atoms with Gasteiger partial charge in [0.1, 0.15) is 11.5 Å². The third-order valence-electron chi connectivity index (χ3n) is 7.56. The number of likely N-dealkylation sites (tertiary alicyclic amines) is 1. The molecular formula is C30H30ClN3O2. The molecule has 2 aliphatic rings. The number of allylic oxidation sites excluding steroid dienone is 1. The topological polar surface area (TPSA) is 50.4 Å². The van der Waals surface area contributed by atoms with Gasteiger partial charge in [0.15, 0.2) is 0 Å². The Morgan fingerprint density at radius 2 is 2.00 bits per heavy atom. The molecule has 2 aromatic heterocycles. The van der Waals surface area contributed by atoms with Gasteiger partial charge in [-0.3, -0.25) is 0 Å². The minimum Gasteiger partial charge on any atom is -0.496 e. The summed E-state index contributed by atoms with van der Waals surface area (Å²) in [5, 5.41) is 2.06. The molecule has 0 aliphatic carbocycles. The average Bonchev–Trinajstić information content (AvgIpc) is 3.28. The second kappa shape index (κ2) is 10.00. The predicted molar refractivity (Wildman–Crippen MR) is 145 cm³/mol. The summed E-state index contributed by atoms with van der Waals surface area (Å²) in [4.78, 5) is 10.5. The van der Waals surface area contributed by atoms with Crippen LogP contribution in [-0.2, 0) is 6.42 Å². The van der Waals surface area contributed by atoms with Crippen LogP contribution in [0.1, 0.15) is 41.9 Å². The van der Waals surface area contributed by atoms with Crippen molar-refractivity contribution < 1.29 is 9.47 Å². The van der Waals surface area contributed by atoms with Gasteiger partial charge < -0.3 is 19.4 Å². The Kier molecular flexibility index (Phi) is 6.43. The number of hydrogen-bond donors (Lipinski definition) is 1. The average molecular weight is 500 g/mol. The minimum atomic E-state index is 0.577. The second-order valence-corrected chi connectivity index (χ2v) is 10.0. The molecule has 0 saturated carbocycles. The Labute approximate surface area is 216 Å². The number of ether oxygens (including phenoxy) is 2. The molecule has 0 atom stereocenters. The number of methoxy groups -OCH3 is 1. The number of rotatable bonds is 5. The summed E-state index contributed by atoms with van der Waals surface area (Å²) in [5.41, 5.74) is 5.84. The summed E-state index contributed by atoms with van der Waals surface area (Å²) >= 11 is 6.38. The van der Waals surface area contributed by atoms with Crippen molar-refractivity contribution in [2.75, 3.05) is 26.7 Å². The lowest BCUT2D eigenvalue weighted by Crippen LogP contribution is -2.33. The lowest BCUT2D eigenvalue weighted by Gasteiger charge is -2.31. The van der Waals surface area contributed by atoms with Crippen LogP contribution in [0.25, 0.3) is 16.5 Å². The van der Waals surface area contributed by atoms with Gasteiger partial charge in [-0.05, 0) is 79.7 Å². The number of fused-ring (bicyclic) bond motifs is 3. The molecule has 5 nitrogen and oxygen atoms in total. The summed E-state index contributed by atoms with van der Waals surface area (Å²) in [5.74, 6) is 2.91. The molecule has 1 fully saturated rings. The van der Waals surface area contributed by atoms with Crippen molar-refractivity contribution in [2.45, 2.75) is 31.6 Å². The highest BCUT2D eigenvalue weighted by molar-refractivity contribution is 6.35. The zero-order valence-electron chi connectivity index (χ0n) is 20.5. The van der Waals surface area contributed by atoms with E-state index in [-0.39, 0.29) is 0 Å². The molecule has 36 heavy (non-hydrogen) atoms. The number of H-pyrrole nitrogens is 1. The van der Waals surface area contributed by atoms with E-state index in [9.17, 15) is 0 Å². The standard InChI is InChI=1S/C30H30ClN3O2/c1-35-27-10-3-11-28-24(27)18-21(22-8-4-14-32-30(22)36-28)6-5-15-34-16-12-20(13-17-34)25-19-33-29-23(25)7-2-9-26(29)31/h2-4,6-11,14,19-20,33H,5,12-13,15-18H2,1H3. The number of nitrogens with zero attached hydrogens (tertiary/aromatic N) is 2. The fourth-order valence-electron chi connectivity index (χ4n) is 5.66. The van der Waals surface area contributed by atoms with Gasteiger partial charge in [0.2, 0.25) is 5.88 Å². The largest absolute Gasteiger partial charge is 0.496 e. The smallest absolute Gasteiger partial charge is 0.226 e. The quantitative estimate of drug-likeness (QED) is 0.315. The monoisotopic (exact) mass is 499 g/mol. The summed E-state index contributed by atoms with van der Waals surface area (Å²) in [7, 11) is 1.71. The summed E-state index contributed by atoms with van der Waals surface area (Å²) in [6, 6.07) is 16.2. The first-order valence-electron chi connectivity index (χ1n) is 12.7. The van der Waals surface area contributed by atoms with Crippen LogP contribution >= 0.6 is 11.6 Å². The van der Waals surface area contributed by atoms with Crippen LogP contribution in [0.4, 0.5) is 0 Å². The summed E-state index contributed by atoms with van der Waals surface area (Å²) < 4.78 is 11.8. The van der Waals surface area contributed by atoms with Crippen LogP contribution in [0.15, 0.2) is 67.0 Å². The number of hydrogen-bond acceptors (Lipinski definition) is 4. The SMILES string of the molecule is COc1cccc2c1CC(=CCCN1CCC(c3c[nH]c4c(Cl)cccc34)CC1)c1cccnc1O2. The molecule has 184 valence electrons. The molecule has 0 spiro atoms. The van der Waals surface area contributed by atoms with Gasteiger partial charge in [0.05, 0.1) is 17.6 Å². The van der Waals surface area contributed by atoms with E-state index in [0.29, 0.717) is 11.8 Å². The van der Waals surface area contributed by atoms with E-state index in [1.54, 1.807) is 13.3 Å². The van der Waals surface area contributed by atoms with Crippen LogP contribution in [0.3, 0.4) is 0 Å². The molecule has 4 aromatic rings. The molecule has 6 rings (SSSR count). The van der Waals surface area contributed by atoms with Crippen LogP contribution in [0.5, 0.6) is 17.4 Å². The van der Waals surface area contributed by atoms with Crippen molar-refractivity contribution in [3.8, 4) is 17.4 Å². The Balaban J connectivity index is 1.14. The summed E-state index contributed by atoms with van der Waals surface area (Å²) in [6.45, 7) is 3.27. The molecule has 0 unspecified atom stereocenters. The zero-order valence-corrected chi connectivity index (χ0v) is 21.2. The van der Waals surface area contributed by atoms with Crippen molar-refractivity contribution in [2.24, 2.45) is 0 Å². The third-order valence-corrected chi connectivity index (χ3v) is 7.88. The Morgan fingerprint density at radius 3 is 2.86 bits per heavy atom. The van der Waals surface area contributed by atoms with Gasteiger partial charge in [-0.1, -0.05) is 35.9 Å². The van der Waals surface area contributed by atoms with Crippen LogP contribution in [-0.4, -0.2) is 41.6 Å². The van der Waals surface area contributed by atoms with Crippen molar-refractivity contribution in [3.63, 3.8) is 0 Å². The molecule has 4 heterocycles. The second-order valence-electron chi connectivity index (χ2n) is 9.61. The molecule has 2 aromatic carbocycles. The lowest BCUT2D eigenvalue weighted by atomic mass is 9.89. The van der Waals surface area contributed by atoms with E-state index in [1.807, 2.05) is 36.4 Å². The van der Waals surface area contributed by atoms with E-state index in [4.69, 9.17) is 21.1 Å². The first kappa shape index (κ1) is 23.1. The van der Waals surface area contributed by atoms with E-state index in [0.717, 1.165) is 65.6 Å². The maximum absolute atomic E-state index is 6.38. The van der Waals surface area contributed by atoms with Gasteiger partial charge in [-0.2, -0.15) is 0 Å². The lowest BCUT2D eigenvalue weighted by molar-refractivity contribution is 0.216. The minimum absolute atomic E-state index is 0.577. The maximum Gasteiger partial charge on any atom is 0.226 e. The van der Waals surface area contributed by atoms with Gasteiger partial charge in [-0.15, -0.1) is 0 Å². The molecule has 0 radical (unpaired) electrons. The van der Waals surface area contributed by atoms with E-state index >= 15 is 0 Å². The molecule has 6 heteroatoms. The molecule has 1 saturated heterocycles. The molecule has 0 amide bonds. The highest BCUT2D eigenvalue weighted by Crippen LogP contribution is 2.41. The van der Waals surface area contributed by atoms with Crippen LogP contribution in [0.2, 0.25) is 5.02 Å². The Hall–Kier alpha value is -3.28. The van der Waals surface area contributed by atoms with Crippen molar-refractivity contribution in [3.05, 3.63) is 88.7 Å². The number of piperidine rings is 1. The molecule has 1 N–H and O–H groups in total. The van der Waals surface area contributed by atoms with Gasteiger partial charge in [-0.25, -0.2) is 4.98 Å². The number of nitrogens with one attached hydrogen (secondary N) is 1. The molecular weight excluding hydrogens is 470 g/mol. The van der Waals surface area contributed by atoms with E-state index < -0.39 is 0 Å². The number of benzene rings is 2. The van der Waals surface area contributed by atoms with Gasteiger partial charge in [0.25, 0.3) is 0 Å². The normalized spacial score (nSPS) is 17.4. The Morgan fingerprint density at radius 1 is 1.14 bits per heavy atom. The van der Waals surface area contributed by atoms with Gasteiger partial charge >= 0.3 is 0 Å². The number of para-hydroxylation sites is 1. The first-order chi connectivity index (χ1) is 17.7. The van der Waals surface area contributed by atoms with Gasteiger partial charge in [0, 0.05) is 41.9 Å². The highest BCUT2D eigenvalue weighted by Gasteiger charge is 2.24. The fourth-order valence-corrected chi connectivity index (χ4v) is 5.89. The van der Waals surface area contributed by atoms with Crippen LogP contribution < -0.4 is 9.47 Å². The van der Waals surface area contributed by atoms with E-state index in [1.165, 1.54) is 29.4 Å². The molecule has 2 aliphatic heterocycles. The first-order valence-corrected chi connectivity index (χ1v) is 13.0. The van der Waals surface area contributed by atoms with E-state index in [2.05, 4.69) is 39.3 Å². The molecule has 0 bridgehead atoms. The predicted octanol–water partition coefficient (Wildman–Crippen LogP) is 7.23. The summed E-state index contributed by atoms with van der Waals surface area (Å²) in [6.07, 6.45) is 10.4. The maximum atomic E-state index is 6.38. The van der Waals surface area contributed by atoms with Crippen molar-refractivity contribution in [1.82, 2.24) is 14.9 Å². The Bertz CT molecular complexity index is 1420. The number of pyridine rings is 1. The zero-order chi connectivity index (χ0) is 24.5. The number of aromatic nitrogens is 2. The number of aromatic amines is 1. The number of halogens is 1. The van der Waals surface area contributed by atoms with Crippen molar-refractivity contribution in [1.29, 1.82) is 0 Å². The fraction of sp³-hybridized carbons (Fsp3) is 0.300. The highest BCUT2D eigenvalue weighted by atomic mass is 35.5. The third kappa shape index (κ3) is 4.38.